The third-order valence-electron chi connectivity index (χ3n) is 1.53. The van der Waals surface area contributed by atoms with E-state index in [1.807, 2.05) is 6.92 Å². The van der Waals surface area contributed by atoms with Crippen LogP contribution in [0.2, 0.25) is 0 Å². The van der Waals surface area contributed by atoms with Gasteiger partial charge in [0.05, 0.1) is 12.2 Å². The molecule has 0 bridgehead atoms. The van der Waals surface area contributed by atoms with Crippen LogP contribution in [0.4, 0.5) is 0 Å². The topological polar surface area (TPSA) is 39.2 Å². The van der Waals surface area contributed by atoms with E-state index in [0.29, 0.717) is 12.2 Å². The molecule has 0 aliphatic rings. The highest BCUT2D eigenvalue weighted by atomic mass is 35.5. The molecule has 0 spiro atoms. The Morgan fingerprint density at radius 3 is 2.85 bits per heavy atom. The van der Waals surface area contributed by atoms with Gasteiger partial charge in [-0.3, -0.25) is 4.98 Å². The third-order valence-corrected chi connectivity index (χ3v) is 1.53. The molecule has 0 N–H and O–H groups in total. The van der Waals surface area contributed by atoms with E-state index in [4.69, 9.17) is 4.74 Å². The van der Waals surface area contributed by atoms with Crippen LogP contribution in [0.5, 0.6) is 0 Å². The fourth-order valence-corrected chi connectivity index (χ4v) is 0.887. The molecule has 0 atom stereocenters. The largest absolute Gasteiger partial charge is 0.462 e. The Bertz CT molecular complexity index is 289. The maximum atomic E-state index is 11.2. The number of aryl methyl sites for hydroxylation is 1. The predicted octanol–water partition coefficient (Wildman–Crippen LogP) is 1.99. The second kappa shape index (κ2) is 5.54. The molecule has 0 amide bonds. The van der Waals surface area contributed by atoms with E-state index in [1.54, 1.807) is 19.2 Å². The van der Waals surface area contributed by atoms with Crippen LogP contribution in [0.3, 0.4) is 0 Å². The van der Waals surface area contributed by atoms with Crippen molar-refractivity contribution >= 4 is 18.4 Å². The van der Waals surface area contributed by atoms with Gasteiger partial charge in [0.2, 0.25) is 0 Å². The first-order chi connectivity index (χ1) is 5.75. The molecule has 1 aromatic heterocycles. The number of ether oxygens (including phenoxy) is 1. The smallest absolute Gasteiger partial charge is 0.339 e. The van der Waals surface area contributed by atoms with Crippen molar-refractivity contribution in [3.05, 3.63) is 29.6 Å². The number of rotatable bonds is 2. The standard InChI is InChI=1S/C9H11NO2.ClH/c1-3-12-9(11)8-6-10-5-4-7(8)2;/h4-6H,3H2,1-2H3;1H. The van der Waals surface area contributed by atoms with Crippen LogP contribution in [0, 0.1) is 6.92 Å². The molecule has 3 nitrogen and oxygen atoms in total. The fourth-order valence-electron chi connectivity index (χ4n) is 0.887. The van der Waals surface area contributed by atoms with Gasteiger partial charge in [0.1, 0.15) is 0 Å². The quantitative estimate of drug-likeness (QED) is 0.687. The van der Waals surface area contributed by atoms with Crippen molar-refractivity contribution in [2.24, 2.45) is 0 Å². The Morgan fingerprint density at radius 2 is 2.31 bits per heavy atom. The molecule has 72 valence electrons. The van der Waals surface area contributed by atoms with Crippen LogP contribution in [-0.2, 0) is 4.74 Å². The number of hydrogen-bond donors (Lipinski definition) is 0. The van der Waals surface area contributed by atoms with E-state index < -0.39 is 0 Å². The minimum atomic E-state index is -0.303. The molecule has 1 aromatic rings. The van der Waals surface area contributed by atoms with E-state index in [2.05, 4.69) is 4.98 Å². The zero-order valence-corrected chi connectivity index (χ0v) is 8.43. The summed E-state index contributed by atoms with van der Waals surface area (Å²) in [6.07, 6.45) is 3.17. The summed E-state index contributed by atoms with van der Waals surface area (Å²) in [5.41, 5.74) is 1.43. The van der Waals surface area contributed by atoms with Gasteiger partial charge in [0.15, 0.2) is 0 Å². The highest BCUT2D eigenvalue weighted by Crippen LogP contribution is 2.06. The Labute approximate surface area is 83.5 Å². The van der Waals surface area contributed by atoms with Crippen molar-refractivity contribution in [3.63, 3.8) is 0 Å². The normalized spacial score (nSPS) is 8.77. The van der Waals surface area contributed by atoms with Gasteiger partial charge in [-0.25, -0.2) is 4.79 Å². The summed E-state index contributed by atoms with van der Waals surface area (Å²) >= 11 is 0. The number of carbonyl (C=O) groups is 1. The summed E-state index contributed by atoms with van der Waals surface area (Å²) in [7, 11) is 0. The minimum Gasteiger partial charge on any atom is -0.462 e. The predicted molar refractivity (Wildman–Crippen MR) is 52.2 cm³/mol. The molecule has 0 radical (unpaired) electrons. The van der Waals surface area contributed by atoms with Gasteiger partial charge < -0.3 is 4.74 Å². The molecule has 1 rings (SSSR count). The number of aromatic nitrogens is 1. The zero-order valence-electron chi connectivity index (χ0n) is 7.61. The fraction of sp³-hybridized carbons (Fsp3) is 0.333. The molecule has 0 aromatic carbocycles. The summed E-state index contributed by atoms with van der Waals surface area (Å²) in [6.45, 7) is 4.03. The first-order valence-electron chi connectivity index (χ1n) is 3.83. The summed E-state index contributed by atoms with van der Waals surface area (Å²) in [4.78, 5) is 15.1. The van der Waals surface area contributed by atoms with Gasteiger partial charge in [0.25, 0.3) is 0 Å². The van der Waals surface area contributed by atoms with Gasteiger partial charge in [-0.1, -0.05) is 0 Å². The van der Waals surface area contributed by atoms with E-state index in [0.717, 1.165) is 5.56 Å². The summed E-state index contributed by atoms with van der Waals surface area (Å²) < 4.78 is 4.83. The first kappa shape index (κ1) is 11.9. The number of hydrogen-bond acceptors (Lipinski definition) is 3. The lowest BCUT2D eigenvalue weighted by atomic mass is 10.2. The van der Waals surface area contributed by atoms with Crippen molar-refractivity contribution in [2.75, 3.05) is 6.61 Å². The van der Waals surface area contributed by atoms with E-state index in [-0.39, 0.29) is 18.4 Å². The molecule has 4 heteroatoms. The number of esters is 1. The maximum absolute atomic E-state index is 11.2. The number of carbonyl (C=O) groups excluding carboxylic acids is 1. The molecule has 13 heavy (non-hydrogen) atoms. The molecule has 1 heterocycles. The lowest BCUT2D eigenvalue weighted by molar-refractivity contribution is 0.0525. The van der Waals surface area contributed by atoms with Crippen molar-refractivity contribution in [1.82, 2.24) is 4.98 Å². The SMILES string of the molecule is CCOC(=O)c1cnccc1C.Cl. The van der Waals surface area contributed by atoms with Crippen molar-refractivity contribution in [2.45, 2.75) is 13.8 Å². The van der Waals surface area contributed by atoms with Crippen LogP contribution in [0.25, 0.3) is 0 Å². The molecule has 0 saturated carbocycles. The molecule has 0 fully saturated rings. The molecule has 0 aliphatic heterocycles. The van der Waals surface area contributed by atoms with Gasteiger partial charge in [-0.05, 0) is 25.5 Å². The van der Waals surface area contributed by atoms with Crippen molar-refractivity contribution in [3.8, 4) is 0 Å². The maximum Gasteiger partial charge on any atom is 0.339 e. The van der Waals surface area contributed by atoms with Crippen LogP contribution in [0.15, 0.2) is 18.5 Å². The molecule has 0 saturated heterocycles. The van der Waals surface area contributed by atoms with Crippen LogP contribution >= 0.6 is 12.4 Å². The van der Waals surface area contributed by atoms with E-state index in [9.17, 15) is 4.79 Å². The van der Waals surface area contributed by atoms with Gasteiger partial charge in [0, 0.05) is 12.4 Å². The van der Waals surface area contributed by atoms with Crippen molar-refractivity contribution in [1.29, 1.82) is 0 Å². The van der Waals surface area contributed by atoms with Gasteiger partial charge in [-0.15, -0.1) is 12.4 Å². The molecule has 0 aliphatic carbocycles. The van der Waals surface area contributed by atoms with E-state index in [1.165, 1.54) is 6.20 Å². The Hall–Kier alpha value is -1.09. The highest BCUT2D eigenvalue weighted by Gasteiger charge is 2.08. The number of nitrogens with zero attached hydrogens (tertiary/aromatic N) is 1. The van der Waals surface area contributed by atoms with Crippen LogP contribution in [0.1, 0.15) is 22.8 Å². The van der Waals surface area contributed by atoms with Gasteiger partial charge >= 0.3 is 5.97 Å². The Kier molecular flexibility index (Phi) is 5.07. The second-order valence-electron chi connectivity index (χ2n) is 2.41. The Balaban J connectivity index is 0.00000144. The average Bonchev–Trinajstić information content (AvgIpc) is 2.05. The Morgan fingerprint density at radius 1 is 1.62 bits per heavy atom. The zero-order chi connectivity index (χ0) is 8.97. The second-order valence-corrected chi connectivity index (χ2v) is 2.41. The summed E-state index contributed by atoms with van der Waals surface area (Å²) in [5.74, 6) is -0.303. The molecule has 0 unspecified atom stereocenters. The molecular formula is C9H12ClNO2. The first-order valence-corrected chi connectivity index (χ1v) is 3.83. The van der Waals surface area contributed by atoms with E-state index >= 15 is 0 Å². The number of halogens is 1. The minimum absolute atomic E-state index is 0. The molecular weight excluding hydrogens is 190 g/mol. The van der Waals surface area contributed by atoms with Gasteiger partial charge in [-0.2, -0.15) is 0 Å². The average molecular weight is 202 g/mol. The van der Waals surface area contributed by atoms with Crippen LogP contribution in [-0.4, -0.2) is 17.6 Å². The highest BCUT2D eigenvalue weighted by molar-refractivity contribution is 5.90. The van der Waals surface area contributed by atoms with Crippen molar-refractivity contribution < 1.29 is 9.53 Å². The summed E-state index contributed by atoms with van der Waals surface area (Å²) in [5, 5.41) is 0. The monoisotopic (exact) mass is 201 g/mol. The lowest BCUT2D eigenvalue weighted by Crippen LogP contribution is -2.06. The third kappa shape index (κ3) is 3.03. The lowest BCUT2D eigenvalue weighted by Gasteiger charge is -2.02. The summed E-state index contributed by atoms with van der Waals surface area (Å²) in [6, 6.07) is 1.78. The van der Waals surface area contributed by atoms with Crippen LogP contribution < -0.4 is 0 Å². The number of pyridine rings is 1.